The average molecular weight is 469 g/mol. The van der Waals surface area contributed by atoms with Crippen molar-refractivity contribution in [3.8, 4) is 11.5 Å². The molecule has 0 aromatic heterocycles. The molecule has 0 saturated carbocycles. The number of benzene rings is 3. The van der Waals surface area contributed by atoms with Crippen LogP contribution in [0.3, 0.4) is 0 Å². The van der Waals surface area contributed by atoms with Crippen molar-refractivity contribution in [3.63, 3.8) is 0 Å². The van der Waals surface area contributed by atoms with Crippen LogP contribution in [0.25, 0.3) is 12.2 Å². The molecule has 0 fully saturated rings. The summed E-state index contributed by atoms with van der Waals surface area (Å²) in [5, 5.41) is 22.0. The topological polar surface area (TPSA) is 40.5 Å². The van der Waals surface area contributed by atoms with E-state index in [-0.39, 0.29) is 28.2 Å². The van der Waals surface area contributed by atoms with E-state index in [0.29, 0.717) is 0 Å². The molecule has 0 saturated heterocycles. The van der Waals surface area contributed by atoms with Crippen molar-refractivity contribution in [2.75, 3.05) is 0 Å². The molecule has 2 N–H and O–H groups in total. The van der Waals surface area contributed by atoms with Crippen LogP contribution >= 0.6 is 0 Å². The molecule has 3 aromatic carbocycles. The monoisotopic (exact) mass is 468 g/mol. The number of phenols is 2. The quantitative estimate of drug-likeness (QED) is 0.367. The Bertz CT molecular complexity index is 1180. The zero-order chi connectivity index (χ0) is 26.3. The SMILES string of the molecule is C=Cc1c(O)c(C)cc(C(c2ccccc2)c2cc(C)c(O)c(C=C)c2C(C)(C)C)c1C(C)(C)C. The largest absolute Gasteiger partial charge is 0.507 e. The fraction of sp³-hybridized carbons (Fsp3) is 0.333. The van der Waals surface area contributed by atoms with E-state index in [4.69, 9.17) is 0 Å². The summed E-state index contributed by atoms with van der Waals surface area (Å²) in [6, 6.07) is 14.7. The van der Waals surface area contributed by atoms with E-state index in [2.05, 4.69) is 91.1 Å². The van der Waals surface area contributed by atoms with Crippen LogP contribution in [-0.2, 0) is 10.8 Å². The lowest BCUT2D eigenvalue weighted by atomic mass is 9.69. The predicted octanol–water partition coefficient (Wildman–Crippen LogP) is 8.78. The number of aromatic hydroxyl groups is 2. The Morgan fingerprint density at radius 1 is 0.686 bits per heavy atom. The molecule has 0 radical (unpaired) electrons. The van der Waals surface area contributed by atoms with Gasteiger partial charge in [0.25, 0.3) is 0 Å². The Balaban J connectivity index is 2.62. The molecule has 0 atom stereocenters. The molecule has 0 bridgehead atoms. The minimum Gasteiger partial charge on any atom is -0.507 e. The normalized spacial score (nSPS) is 12.1. The second kappa shape index (κ2) is 9.41. The zero-order valence-electron chi connectivity index (χ0n) is 22.6. The fourth-order valence-corrected chi connectivity index (χ4v) is 5.42. The molecule has 0 amide bonds. The summed E-state index contributed by atoms with van der Waals surface area (Å²) >= 11 is 0. The molecule has 0 unspecified atom stereocenters. The third kappa shape index (κ3) is 4.80. The lowest BCUT2D eigenvalue weighted by Gasteiger charge is -2.35. The lowest BCUT2D eigenvalue weighted by Crippen LogP contribution is -2.23. The average Bonchev–Trinajstić information content (AvgIpc) is 2.77. The first kappa shape index (κ1) is 26.3. The van der Waals surface area contributed by atoms with E-state index in [9.17, 15) is 10.2 Å². The van der Waals surface area contributed by atoms with Gasteiger partial charge in [-0.25, -0.2) is 0 Å². The van der Waals surface area contributed by atoms with Gasteiger partial charge in [0, 0.05) is 17.0 Å². The second-order valence-corrected chi connectivity index (χ2v) is 11.6. The van der Waals surface area contributed by atoms with Gasteiger partial charge in [0.15, 0.2) is 0 Å². The highest BCUT2D eigenvalue weighted by molar-refractivity contribution is 5.71. The highest BCUT2D eigenvalue weighted by Gasteiger charge is 2.34. The third-order valence-corrected chi connectivity index (χ3v) is 6.78. The van der Waals surface area contributed by atoms with Gasteiger partial charge in [-0.1, -0.05) is 109 Å². The van der Waals surface area contributed by atoms with Crippen LogP contribution in [0.1, 0.15) is 97.5 Å². The molecule has 0 spiro atoms. The Morgan fingerprint density at radius 2 is 1.06 bits per heavy atom. The van der Waals surface area contributed by atoms with Crippen molar-refractivity contribution in [3.05, 3.63) is 106 Å². The highest BCUT2D eigenvalue weighted by Crippen LogP contribution is 2.48. The highest BCUT2D eigenvalue weighted by atomic mass is 16.3. The van der Waals surface area contributed by atoms with Crippen molar-refractivity contribution < 1.29 is 10.2 Å². The zero-order valence-corrected chi connectivity index (χ0v) is 22.6. The molecule has 0 aliphatic heterocycles. The Morgan fingerprint density at radius 3 is 1.37 bits per heavy atom. The molecule has 0 aliphatic carbocycles. The number of rotatable bonds is 5. The maximum Gasteiger partial charge on any atom is 0.125 e. The summed E-state index contributed by atoms with van der Waals surface area (Å²) in [6.45, 7) is 25.1. The van der Waals surface area contributed by atoms with Crippen molar-refractivity contribution in [1.29, 1.82) is 0 Å². The first-order chi connectivity index (χ1) is 16.2. The van der Waals surface area contributed by atoms with Crippen molar-refractivity contribution in [1.82, 2.24) is 0 Å². The Labute approximate surface area is 211 Å². The predicted molar refractivity (Wildman–Crippen MR) is 151 cm³/mol. The van der Waals surface area contributed by atoms with Gasteiger partial charge in [-0.3, -0.25) is 0 Å². The van der Waals surface area contributed by atoms with Gasteiger partial charge in [-0.2, -0.15) is 0 Å². The van der Waals surface area contributed by atoms with Gasteiger partial charge in [-0.05, 0) is 63.6 Å². The molecule has 3 aromatic rings. The molecule has 2 heteroatoms. The molecule has 35 heavy (non-hydrogen) atoms. The number of aryl methyl sites for hydroxylation is 2. The van der Waals surface area contributed by atoms with Gasteiger partial charge in [0.05, 0.1) is 0 Å². The fourth-order valence-electron chi connectivity index (χ4n) is 5.42. The lowest BCUT2D eigenvalue weighted by molar-refractivity contribution is 0.463. The van der Waals surface area contributed by atoms with Crippen LogP contribution in [0.5, 0.6) is 11.5 Å². The van der Waals surface area contributed by atoms with Crippen LogP contribution in [0, 0.1) is 13.8 Å². The van der Waals surface area contributed by atoms with Crippen molar-refractivity contribution in [2.45, 2.75) is 72.1 Å². The molecule has 2 nitrogen and oxygen atoms in total. The van der Waals surface area contributed by atoms with E-state index in [1.807, 2.05) is 19.9 Å². The van der Waals surface area contributed by atoms with Gasteiger partial charge in [0.2, 0.25) is 0 Å². The Kier molecular flexibility index (Phi) is 7.09. The minimum atomic E-state index is -0.244. The van der Waals surface area contributed by atoms with Crippen molar-refractivity contribution >= 4 is 12.2 Å². The first-order valence-electron chi connectivity index (χ1n) is 12.3. The van der Waals surface area contributed by atoms with Crippen molar-refractivity contribution in [2.24, 2.45) is 0 Å². The van der Waals surface area contributed by atoms with Gasteiger partial charge >= 0.3 is 0 Å². The van der Waals surface area contributed by atoms with E-state index in [1.54, 1.807) is 12.2 Å². The van der Waals surface area contributed by atoms with Gasteiger partial charge in [-0.15, -0.1) is 0 Å². The smallest absolute Gasteiger partial charge is 0.125 e. The summed E-state index contributed by atoms with van der Waals surface area (Å²) in [7, 11) is 0. The standard InChI is InChI=1S/C33H40O2/c1-11-23-28(32(5,6)7)25(18-20(3)30(23)34)27(22-16-14-13-15-17-22)26-19-21(4)31(35)24(12-2)29(26)33(8,9)10/h11-19,27,34-35H,1-2H2,3-10H3. The van der Waals surface area contributed by atoms with E-state index >= 15 is 0 Å². The maximum atomic E-state index is 11.0. The molecule has 3 rings (SSSR count). The first-order valence-corrected chi connectivity index (χ1v) is 12.3. The summed E-state index contributed by atoms with van der Waals surface area (Å²) in [4.78, 5) is 0. The van der Waals surface area contributed by atoms with Gasteiger partial charge < -0.3 is 10.2 Å². The second-order valence-electron chi connectivity index (χ2n) is 11.6. The Hall–Kier alpha value is -3.26. The number of hydrogen-bond acceptors (Lipinski definition) is 2. The van der Waals surface area contributed by atoms with Crippen LogP contribution in [0.2, 0.25) is 0 Å². The molecular weight excluding hydrogens is 428 g/mol. The number of phenolic OH excluding ortho intramolecular Hbond substituents is 2. The number of hydrogen-bond donors (Lipinski definition) is 2. The van der Waals surface area contributed by atoms with E-state index in [0.717, 1.165) is 50.1 Å². The maximum absolute atomic E-state index is 11.0. The summed E-state index contributed by atoms with van der Waals surface area (Å²) in [5.41, 5.74) is 8.31. The molecular formula is C33H40O2. The van der Waals surface area contributed by atoms with E-state index in [1.165, 1.54) is 0 Å². The summed E-state index contributed by atoms with van der Waals surface area (Å²) in [6.07, 6.45) is 3.55. The van der Waals surface area contributed by atoms with Crippen LogP contribution in [-0.4, -0.2) is 10.2 Å². The minimum absolute atomic E-state index is 0.115. The summed E-state index contributed by atoms with van der Waals surface area (Å²) in [5.74, 6) is 0.450. The van der Waals surface area contributed by atoms with Crippen LogP contribution < -0.4 is 0 Å². The summed E-state index contributed by atoms with van der Waals surface area (Å²) < 4.78 is 0. The molecule has 184 valence electrons. The van der Waals surface area contributed by atoms with Crippen LogP contribution in [0.4, 0.5) is 0 Å². The molecule has 0 heterocycles. The van der Waals surface area contributed by atoms with Gasteiger partial charge in [0.1, 0.15) is 11.5 Å². The van der Waals surface area contributed by atoms with E-state index < -0.39 is 0 Å². The third-order valence-electron chi connectivity index (χ3n) is 6.78. The molecule has 0 aliphatic rings. The van der Waals surface area contributed by atoms with Crippen LogP contribution in [0.15, 0.2) is 55.6 Å².